The second-order valence-electron chi connectivity index (χ2n) is 25.4. The molecule has 0 heterocycles. The number of hydrogen-bond donors (Lipinski definition) is 1. The van der Waals surface area contributed by atoms with Gasteiger partial charge in [-0.3, -0.25) is 14.2 Å². The van der Waals surface area contributed by atoms with Crippen molar-refractivity contribution >= 4 is 19.7 Å². The first kappa shape index (κ1) is 80.7. The minimum atomic E-state index is -4.71. The number of rotatable bonds is 65. The lowest BCUT2D eigenvalue weighted by Crippen LogP contribution is -2.47. The van der Waals surface area contributed by atoms with Crippen molar-refractivity contribution in [2.24, 2.45) is 0 Å². The zero-order valence-corrected chi connectivity index (χ0v) is 56.6. The van der Waals surface area contributed by atoms with Gasteiger partial charge in [-0.1, -0.05) is 294 Å². The number of likely N-dealkylation sites (N-methyl/N-ethyl adjacent to an activating group) is 1. The van der Waals surface area contributed by atoms with Gasteiger partial charge in [-0.05, 0) is 96.0 Å². The number of ether oxygens (including phenoxy) is 1. The minimum Gasteiger partial charge on any atom is -0.756 e. The summed E-state index contributed by atoms with van der Waals surface area (Å²) in [5, 5.41) is 3.05. The predicted molar refractivity (Wildman–Crippen MR) is 358 cm³/mol. The second-order valence-corrected chi connectivity index (χ2v) is 26.8. The summed E-state index contributed by atoms with van der Waals surface area (Å²) in [6.07, 6.45) is 80.5. The molecule has 1 amide bonds. The van der Waals surface area contributed by atoms with Crippen LogP contribution >= 0.6 is 7.82 Å². The van der Waals surface area contributed by atoms with Crippen molar-refractivity contribution in [3.05, 3.63) is 60.8 Å². The number of phosphoric acid groups is 1. The largest absolute Gasteiger partial charge is 0.756 e. The number of allylic oxidation sites excluding steroid dienone is 9. The fraction of sp³-hybridized carbons (Fsp3) is 0.836. The molecule has 0 spiro atoms. The van der Waals surface area contributed by atoms with E-state index in [-0.39, 0.29) is 31.5 Å². The van der Waals surface area contributed by atoms with Crippen LogP contribution in [-0.2, 0) is 27.9 Å². The highest BCUT2D eigenvalue weighted by Crippen LogP contribution is 2.38. The molecule has 0 aromatic rings. The maximum absolute atomic E-state index is 13.6. The van der Waals surface area contributed by atoms with Crippen molar-refractivity contribution in [3.63, 3.8) is 0 Å². The van der Waals surface area contributed by atoms with E-state index < -0.39 is 20.0 Å². The number of nitrogens with zero attached hydrogens (tertiary/aromatic N) is 1. The number of quaternary nitrogens is 1. The number of carbonyl (C=O) groups excluding carboxylic acids is 2. The highest BCUT2D eigenvalue weighted by molar-refractivity contribution is 7.45. The molecule has 83 heavy (non-hydrogen) atoms. The first-order chi connectivity index (χ1) is 40.4. The summed E-state index contributed by atoms with van der Waals surface area (Å²) in [6, 6.07) is -0.893. The molecule has 0 aliphatic heterocycles. The van der Waals surface area contributed by atoms with Gasteiger partial charge in [0, 0.05) is 12.8 Å². The molecule has 0 saturated heterocycles. The van der Waals surface area contributed by atoms with Crippen LogP contribution in [0.15, 0.2) is 60.8 Å². The van der Waals surface area contributed by atoms with E-state index in [4.69, 9.17) is 13.8 Å². The topological polar surface area (TPSA) is 114 Å². The molecular formula is C73H137N2O7P. The molecule has 3 unspecified atom stereocenters. The van der Waals surface area contributed by atoms with Crippen LogP contribution in [0, 0.1) is 0 Å². The molecule has 486 valence electrons. The zero-order valence-electron chi connectivity index (χ0n) is 55.7. The van der Waals surface area contributed by atoms with Gasteiger partial charge in [-0.2, -0.15) is 0 Å². The van der Waals surface area contributed by atoms with Crippen LogP contribution in [0.2, 0.25) is 0 Å². The van der Waals surface area contributed by atoms with Crippen LogP contribution in [0.4, 0.5) is 0 Å². The van der Waals surface area contributed by atoms with Crippen molar-refractivity contribution in [1.82, 2.24) is 5.32 Å². The van der Waals surface area contributed by atoms with Gasteiger partial charge in [0.15, 0.2) is 0 Å². The fourth-order valence-electron chi connectivity index (χ4n) is 10.4. The number of esters is 1. The Labute approximate surface area is 515 Å². The van der Waals surface area contributed by atoms with E-state index in [2.05, 4.69) is 74.7 Å². The Balaban J connectivity index is 5.12. The van der Waals surface area contributed by atoms with Gasteiger partial charge in [-0.25, -0.2) is 0 Å². The quantitative estimate of drug-likeness (QED) is 0.0212. The predicted octanol–water partition coefficient (Wildman–Crippen LogP) is 21.9. The standard InChI is InChI=1S/C73H137N2O7P/c1-7-10-13-16-19-22-25-28-30-32-34-36-37-39-40-42-44-47-50-53-56-59-62-65-72(76)74-70(69-81-83(78,79)80-68-67-75(4,5)6)71(64-61-58-55-52-49-46-27-24-21-18-15-12-9-3)82-73(77)66-63-60-57-54-51-48-45-43-41-38-35-33-31-29-26-23-20-17-14-11-8-2/h20,23,28-31,35,38,61,64,70-71H,7-19,21-22,24-27,32-34,36-37,39-60,62-63,65-69H2,1-6H3,(H-,74,76,78,79)/b23-20-,30-28+,31-29-,38-35-,64-61+. The van der Waals surface area contributed by atoms with E-state index in [0.717, 1.165) is 83.5 Å². The Hall–Kier alpha value is -2.29. The maximum atomic E-state index is 13.6. The Morgan fingerprint density at radius 1 is 0.422 bits per heavy atom. The second kappa shape index (κ2) is 62.8. The minimum absolute atomic E-state index is 0.0235. The third-order valence-corrected chi connectivity index (χ3v) is 16.9. The molecule has 0 saturated carbocycles. The van der Waals surface area contributed by atoms with Gasteiger partial charge in [0.05, 0.1) is 33.8 Å². The van der Waals surface area contributed by atoms with Crippen LogP contribution < -0.4 is 10.2 Å². The van der Waals surface area contributed by atoms with E-state index in [1.165, 1.54) is 225 Å². The molecule has 0 aromatic heterocycles. The molecule has 0 rings (SSSR count). The highest BCUT2D eigenvalue weighted by atomic mass is 31.2. The van der Waals surface area contributed by atoms with Crippen LogP contribution in [0.25, 0.3) is 0 Å². The number of phosphoric ester groups is 1. The summed E-state index contributed by atoms with van der Waals surface area (Å²) in [7, 11) is 1.19. The van der Waals surface area contributed by atoms with E-state index in [1.54, 1.807) is 0 Å². The van der Waals surface area contributed by atoms with Crippen molar-refractivity contribution < 1.29 is 37.3 Å². The Morgan fingerprint density at radius 2 is 0.735 bits per heavy atom. The smallest absolute Gasteiger partial charge is 0.306 e. The van der Waals surface area contributed by atoms with Gasteiger partial charge in [-0.15, -0.1) is 0 Å². The number of nitrogens with one attached hydrogen (secondary N) is 1. The first-order valence-electron chi connectivity index (χ1n) is 35.6. The monoisotopic (exact) mass is 1190 g/mol. The van der Waals surface area contributed by atoms with Crippen LogP contribution in [-0.4, -0.2) is 69.4 Å². The highest BCUT2D eigenvalue weighted by Gasteiger charge is 2.27. The number of hydrogen-bond acceptors (Lipinski definition) is 7. The molecule has 0 fully saturated rings. The molecular weight excluding hydrogens is 1050 g/mol. The third kappa shape index (κ3) is 64.0. The molecule has 0 bridgehead atoms. The molecule has 0 aliphatic rings. The molecule has 0 radical (unpaired) electrons. The van der Waals surface area contributed by atoms with Crippen LogP contribution in [0.3, 0.4) is 0 Å². The first-order valence-corrected chi connectivity index (χ1v) is 37.1. The SMILES string of the molecule is CCCCC/C=C\C/C=C\C/C=C\CCCCCCCCCCC(=O)OC(/C=C/CCCCCCCCCCCCC)C(COP(=O)([O-])OCC[N+](C)(C)C)NC(=O)CCCCCCCCCCCCCCC/C=C/CCCCCCCC. The number of carbonyl (C=O) groups is 2. The maximum Gasteiger partial charge on any atom is 0.306 e. The molecule has 1 N–H and O–H groups in total. The molecule has 0 aromatic carbocycles. The van der Waals surface area contributed by atoms with Gasteiger partial charge in [0.2, 0.25) is 5.91 Å². The summed E-state index contributed by atoms with van der Waals surface area (Å²) in [5.74, 6) is -0.537. The van der Waals surface area contributed by atoms with E-state index in [1.807, 2.05) is 33.3 Å². The molecule has 0 aliphatic carbocycles. The summed E-state index contributed by atoms with van der Waals surface area (Å²) < 4.78 is 30.5. The van der Waals surface area contributed by atoms with Crippen LogP contribution in [0.1, 0.15) is 342 Å². The molecule has 9 nitrogen and oxygen atoms in total. The Bertz CT molecular complexity index is 1600. The lowest BCUT2D eigenvalue weighted by molar-refractivity contribution is -0.870. The summed E-state index contributed by atoms with van der Waals surface area (Å²) in [5.41, 5.74) is 0. The lowest BCUT2D eigenvalue weighted by atomic mass is 10.0. The molecule has 3 atom stereocenters. The van der Waals surface area contributed by atoms with Crippen molar-refractivity contribution in [2.45, 2.75) is 354 Å². The third-order valence-electron chi connectivity index (χ3n) is 15.9. The van der Waals surface area contributed by atoms with E-state index in [9.17, 15) is 19.0 Å². The average molecular weight is 1190 g/mol. The Morgan fingerprint density at radius 3 is 1.13 bits per heavy atom. The summed E-state index contributed by atoms with van der Waals surface area (Å²) in [6.45, 7) is 6.85. The summed E-state index contributed by atoms with van der Waals surface area (Å²) in [4.78, 5) is 40.2. The van der Waals surface area contributed by atoms with Crippen molar-refractivity contribution in [1.29, 1.82) is 0 Å². The van der Waals surface area contributed by atoms with Crippen molar-refractivity contribution in [3.8, 4) is 0 Å². The van der Waals surface area contributed by atoms with E-state index in [0.29, 0.717) is 17.4 Å². The van der Waals surface area contributed by atoms with Gasteiger partial charge >= 0.3 is 5.97 Å². The van der Waals surface area contributed by atoms with Crippen molar-refractivity contribution in [2.75, 3.05) is 40.9 Å². The normalized spacial score (nSPS) is 13.9. The molecule has 10 heteroatoms. The zero-order chi connectivity index (χ0) is 60.7. The fourth-order valence-corrected chi connectivity index (χ4v) is 11.1. The Kier molecular flexibility index (Phi) is 61.0. The number of amides is 1. The average Bonchev–Trinajstić information content (AvgIpc) is 3.47. The van der Waals surface area contributed by atoms with Gasteiger partial charge in [0.25, 0.3) is 7.82 Å². The van der Waals surface area contributed by atoms with E-state index >= 15 is 0 Å². The van der Waals surface area contributed by atoms with Gasteiger partial charge < -0.3 is 28.5 Å². The van der Waals surface area contributed by atoms with Gasteiger partial charge in [0.1, 0.15) is 19.3 Å². The lowest BCUT2D eigenvalue weighted by Gasteiger charge is -2.30. The number of unbranched alkanes of at least 4 members (excludes halogenated alkanes) is 41. The summed E-state index contributed by atoms with van der Waals surface area (Å²) >= 11 is 0. The van der Waals surface area contributed by atoms with Crippen LogP contribution in [0.5, 0.6) is 0 Å².